The van der Waals surface area contributed by atoms with Crippen molar-refractivity contribution >= 4 is 22.8 Å². The quantitative estimate of drug-likeness (QED) is 0.687. The summed E-state index contributed by atoms with van der Waals surface area (Å²) in [4.78, 5) is 24.1. The van der Waals surface area contributed by atoms with E-state index in [4.69, 9.17) is 9.26 Å². The molecule has 1 heterocycles. The maximum Gasteiger partial charge on any atom is 0.312 e. The topological polar surface area (TPSA) is 81.4 Å². The van der Waals surface area contributed by atoms with Crippen molar-refractivity contribution in [3.63, 3.8) is 0 Å². The summed E-state index contributed by atoms with van der Waals surface area (Å²) < 4.78 is 23.1. The minimum absolute atomic E-state index is 0.0907. The lowest BCUT2D eigenvalue weighted by molar-refractivity contribution is -0.154. The van der Waals surface area contributed by atoms with Crippen molar-refractivity contribution in [2.45, 2.75) is 26.0 Å². The average molecular weight is 356 g/mol. The van der Waals surface area contributed by atoms with Crippen LogP contribution in [0.4, 0.5) is 4.39 Å². The number of rotatable bonds is 6. The molecule has 134 valence electrons. The summed E-state index contributed by atoms with van der Waals surface area (Å²) in [5, 5.41) is 7.24. The number of carbonyl (C=O) groups is 2. The second-order valence-corrected chi connectivity index (χ2v) is 5.78. The van der Waals surface area contributed by atoms with Gasteiger partial charge in [-0.25, -0.2) is 4.39 Å². The molecule has 2 aromatic carbocycles. The molecule has 1 amide bonds. The highest BCUT2D eigenvalue weighted by atomic mass is 19.1. The predicted molar refractivity (Wildman–Crippen MR) is 91.5 cm³/mol. The standard InChI is InChI=1S/C19H17FN2O4/c1-12(19(24)21-11-13-6-8-14(20)9-7-13)25-18(23)10-16-15-4-2-3-5-17(15)26-22-16/h2-9,12H,10-11H2,1H3,(H,21,24)/t12-/m0/s1. The van der Waals surface area contributed by atoms with Crippen molar-refractivity contribution in [3.8, 4) is 0 Å². The van der Waals surface area contributed by atoms with Crippen molar-refractivity contribution in [1.29, 1.82) is 0 Å². The van der Waals surface area contributed by atoms with Gasteiger partial charge in [-0.3, -0.25) is 9.59 Å². The number of aromatic nitrogens is 1. The van der Waals surface area contributed by atoms with Crippen LogP contribution >= 0.6 is 0 Å². The molecular weight excluding hydrogens is 339 g/mol. The Hall–Kier alpha value is -3.22. The molecule has 0 aliphatic rings. The molecule has 0 fully saturated rings. The SMILES string of the molecule is C[C@H](OC(=O)Cc1noc2ccccc12)C(=O)NCc1ccc(F)cc1. The number of para-hydroxylation sites is 1. The van der Waals surface area contributed by atoms with Crippen LogP contribution in [-0.2, 0) is 27.3 Å². The number of hydrogen-bond acceptors (Lipinski definition) is 5. The fraction of sp³-hybridized carbons (Fsp3) is 0.211. The second-order valence-electron chi connectivity index (χ2n) is 5.78. The van der Waals surface area contributed by atoms with Gasteiger partial charge < -0.3 is 14.6 Å². The van der Waals surface area contributed by atoms with Gasteiger partial charge in [0.2, 0.25) is 0 Å². The molecule has 26 heavy (non-hydrogen) atoms. The summed E-state index contributed by atoms with van der Waals surface area (Å²) in [5.41, 5.74) is 1.79. The van der Waals surface area contributed by atoms with Gasteiger partial charge in [-0.1, -0.05) is 29.4 Å². The van der Waals surface area contributed by atoms with Crippen LogP contribution in [0.25, 0.3) is 11.0 Å². The van der Waals surface area contributed by atoms with E-state index < -0.39 is 18.0 Å². The smallest absolute Gasteiger partial charge is 0.312 e. The van der Waals surface area contributed by atoms with E-state index in [9.17, 15) is 14.0 Å². The van der Waals surface area contributed by atoms with Crippen LogP contribution < -0.4 is 5.32 Å². The number of nitrogens with zero attached hydrogens (tertiary/aromatic N) is 1. The zero-order chi connectivity index (χ0) is 18.5. The third-order valence-corrected chi connectivity index (χ3v) is 3.82. The first kappa shape index (κ1) is 17.6. The van der Waals surface area contributed by atoms with Crippen LogP contribution in [0.15, 0.2) is 53.1 Å². The Bertz CT molecular complexity index is 921. The van der Waals surface area contributed by atoms with Gasteiger partial charge in [0.1, 0.15) is 11.5 Å². The van der Waals surface area contributed by atoms with Gasteiger partial charge >= 0.3 is 5.97 Å². The number of fused-ring (bicyclic) bond motifs is 1. The number of carbonyl (C=O) groups excluding carboxylic acids is 2. The first-order valence-electron chi connectivity index (χ1n) is 8.08. The van der Waals surface area contributed by atoms with Crippen molar-refractivity contribution in [1.82, 2.24) is 10.5 Å². The van der Waals surface area contributed by atoms with E-state index in [0.717, 1.165) is 10.9 Å². The summed E-state index contributed by atoms with van der Waals surface area (Å²) in [6, 6.07) is 12.9. The number of halogens is 1. The molecule has 1 atom stereocenters. The van der Waals surface area contributed by atoms with Gasteiger partial charge in [-0.05, 0) is 36.8 Å². The normalized spacial score (nSPS) is 11.9. The maximum atomic E-state index is 12.9. The van der Waals surface area contributed by atoms with Crippen molar-refractivity contribution < 1.29 is 23.2 Å². The summed E-state index contributed by atoms with van der Waals surface area (Å²) in [7, 11) is 0. The van der Waals surface area contributed by atoms with Crippen LogP contribution in [0.1, 0.15) is 18.2 Å². The fourth-order valence-corrected chi connectivity index (χ4v) is 2.43. The third-order valence-electron chi connectivity index (χ3n) is 3.82. The van der Waals surface area contributed by atoms with Crippen LogP contribution in [0.3, 0.4) is 0 Å². The molecule has 0 saturated carbocycles. The Morgan fingerprint density at radius 3 is 2.69 bits per heavy atom. The maximum absolute atomic E-state index is 12.9. The molecule has 1 aromatic heterocycles. The van der Waals surface area contributed by atoms with Crippen LogP contribution in [0.5, 0.6) is 0 Å². The Morgan fingerprint density at radius 1 is 1.19 bits per heavy atom. The summed E-state index contributed by atoms with van der Waals surface area (Å²) in [6.45, 7) is 1.70. The number of hydrogen-bond donors (Lipinski definition) is 1. The van der Waals surface area contributed by atoms with Gasteiger partial charge in [0.05, 0.1) is 6.42 Å². The van der Waals surface area contributed by atoms with Crippen molar-refractivity contribution in [2.24, 2.45) is 0 Å². The van der Waals surface area contributed by atoms with Gasteiger partial charge in [0, 0.05) is 11.9 Å². The van der Waals surface area contributed by atoms with E-state index in [2.05, 4.69) is 10.5 Å². The Labute approximate surface area is 148 Å². The zero-order valence-electron chi connectivity index (χ0n) is 14.1. The number of amides is 1. The molecule has 0 spiro atoms. The van der Waals surface area contributed by atoms with E-state index >= 15 is 0 Å². The summed E-state index contributed by atoms with van der Waals surface area (Å²) in [6.07, 6.45) is -1.05. The molecule has 7 heteroatoms. The Morgan fingerprint density at radius 2 is 1.92 bits per heavy atom. The van der Waals surface area contributed by atoms with E-state index in [1.165, 1.54) is 19.1 Å². The van der Waals surface area contributed by atoms with Crippen LogP contribution in [0.2, 0.25) is 0 Å². The molecule has 0 saturated heterocycles. The third kappa shape index (κ3) is 4.24. The molecular formula is C19H17FN2O4. The molecule has 6 nitrogen and oxygen atoms in total. The molecule has 3 rings (SSSR count). The first-order valence-corrected chi connectivity index (χ1v) is 8.08. The number of nitrogens with one attached hydrogen (secondary N) is 1. The fourth-order valence-electron chi connectivity index (χ4n) is 2.43. The Balaban J connectivity index is 1.51. The molecule has 0 aliphatic heterocycles. The van der Waals surface area contributed by atoms with Gasteiger partial charge in [0.15, 0.2) is 11.7 Å². The highest BCUT2D eigenvalue weighted by molar-refractivity contribution is 5.86. The first-order chi connectivity index (χ1) is 12.5. The number of esters is 1. The van der Waals surface area contributed by atoms with Gasteiger partial charge in [0.25, 0.3) is 5.91 Å². The molecule has 1 N–H and O–H groups in total. The number of benzene rings is 2. The van der Waals surface area contributed by atoms with Crippen molar-refractivity contribution in [2.75, 3.05) is 0 Å². The second kappa shape index (κ2) is 7.77. The minimum Gasteiger partial charge on any atom is -0.452 e. The van der Waals surface area contributed by atoms with Gasteiger partial charge in [-0.2, -0.15) is 0 Å². The Kier molecular flexibility index (Phi) is 5.26. The van der Waals surface area contributed by atoms with Crippen molar-refractivity contribution in [3.05, 3.63) is 65.6 Å². The largest absolute Gasteiger partial charge is 0.452 e. The molecule has 3 aromatic rings. The summed E-state index contributed by atoms with van der Waals surface area (Å²) in [5.74, 6) is -1.36. The highest BCUT2D eigenvalue weighted by Gasteiger charge is 2.20. The highest BCUT2D eigenvalue weighted by Crippen LogP contribution is 2.18. The lowest BCUT2D eigenvalue weighted by Gasteiger charge is -2.13. The van der Waals surface area contributed by atoms with Gasteiger partial charge in [-0.15, -0.1) is 0 Å². The minimum atomic E-state index is -0.957. The van der Waals surface area contributed by atoms with Crippen LogP contribution in [-0.4, -0.2) is 23.1 Å². The number of ether oxygens (including phenoxy) is 1. The van der Waals surface area contributed by atoms with E-state index in [-0.39, 0.29) is 18.8 Å². The average Bonchev–Trinajstić information content (AvgIpc) is 3.04. The molecule has 0 aliphatic carbocycles. The predicted octanol–water partition coefficient (Wildman–Crippen LogP) is 2.76. The molecule has 0 unspecified atom stereocenters. The lowest BCUT2D eigenvalue weighted by Crippen LogP contribution is -2.35. The molecule has 0 radical (unpaired) electrons. The molecule has 0 bridgehead atoms. The van der Waals surface area contributed by atoms with E-state index in [1.807, 2.05) is 12.1 Å². The van der Waals surface area contributed by atoms with E-state index in [0.29, 0.717) is 11.3 Å². The monoisotopic (exact) mass is 356 g/mol. The summed E-state index contributed by atoms with van der Waals surface area (Å²) >= 11 is 0. The zero-order valence-corrected chi connectivity index (χ0v) is 14.1. The lowest BCUT2D eigenvalue weighted by atomic mass is 10.2. The van der Waals surface area contributed by atoms with E-state index in [1.54, 1.807) is 24.3 Å². The van der Waals surface area contributed by atoms with Crippen LogP contribution in [0, 0.1) is 5.82 Å².